The first-order valence-electron chi connectivity index (χ1n) is 7.89. The van der Waals surface area contributed by atoms with Gasteiger partial charge >= 0.3 is 0 Å². The summed E-state index contributed by atoms with van der Waals surface area (Å²) in [6.07, 6.45) is 6.31. The van der Waals surface area contributed by atoms with Crippen molar-refractivity contribution in [2.75, 3.05) is 25.5 Å². The van der Waals surface area contributed by atoms with Gasteiger partial charge in [-0.15, -0.1) is 0 Å². The van der Waals surface area contributed by atoms with Gasteiger partial charge in [-0.2, -0.15) is 0 Å². The largest absolute Gasteiger partial charge is 0.495 e. The zero-order valence-electron chi connectivity index (χ0n) is 13.5. The summed E-state index contributed by atoms with van der Waals surface area (Å²) < 4.78 is 5.28. The highest BCUT2D eigenvalue weighted by Gasteiger charge is 2.19. The molecule has 0 radical (unpaired) electrons. The lowest BCUT2D eigenvalue weighted by atomic mass is 10.1. The molecule has 2 heterocycles. The summed E-state index contributed by atoms with van der Waals surface area (Å²) >= 11 is 6.01. The maximum absolute atomic E-state index is 12.4. The van der Waals surface area contributed by atoms with E-state index in [1.165, 1.54) is 18.8 Å². The molecule has 1 amide bonds. The average Bonchev–Trinajstić information content (AvgIpc) is 2.63. The van der Waals surface area contributed by atoms with Crippen LogP contribution in [0.2, 0.25) is 5.02 Å². The normalized spacial score (nSPS) is 14.3. The first-order chi connectivity index (χ1) is 11.7. The average molecular weight is 347 g/mol. The van der Waals surface area contributed by atoms with Gasteiger partial charge in [0.2, 0.25) is 0 Å². The number of carbonyl (C=O) groups is 1. The molecule has 0 bridgehead atoms. The predicted molar refractivity (Wildman–Crippen MR) is 93.1 cm³/mol. The minimum absolute atomic E-state index is 0.0610. The number of hydrogen-bond donors (Lipinski definition) is 1. The number of anilines is 2. The van der Waals surface area contributed by atoms with E-state index in [2.05, 4.69) is 15.3 Å². The zero-order chi connectivity index (χ0) is 16.9. The van der Waals surface area contributed by atoms with E-state index in [9.17, 15) is 4.79 Å². The topological polar surface area (TPSA) is 67.3 Å². The van der Waals surface area contributed by atoms with Gasteiger partial charge in [-0.1, -0.05) is 11.6 Å². The number of halogens is 1. The van der Waals surface area contributed by atoms with Crippen LogP contribution < -0.4 is 10.1 Å². The Labute approximate surface area is 145 Å². The van der Waals surface area contributed by atoms with Gasteiger partial charge in [-0.25, -0.2) is 9.97 Å². The van der Waals surface area contributed by atoms with Crippen LogP contribution in [0, 0.1) is 0 Å². The minimum atomic E-state index is -0.0610. The Morgan fingerprint density at radius 2 is 2.00 bits per heavy atom. The first kappa shape index (κ1) is 16.5. The lowest BCUT2D eigenvalue weighted by molar-refractivity contribution is 0.0718. The highest BCUT2D eigenvalue weighted by molar-refractivity contribution is 6.31. The molecule has 0 atom stereocenters. The molecule has 0 spiro atoms. The summed E-state index contributed by atoms with van der Waals surface area (Å²) in [4.78, 5) is 22.7. The quantitative estimate of drug-likeness (QED) is 0.917. The molecule has 126 valence electrons. The monoisotopic (exact) mass is 346 g/mol. The number of aromatic nitrogens is 2. The molecule has 1 fully saturated rings. The number of methoxy groups -OCH3 is 1. The van der Waals surface area contributed by atoms with Crippen LogP contribution in [0.15, 0.2) is 30.6 Å². The van der Waals surface area contributed by atoms with Crippen molar-refractivity contribution in [2.45, 2.75) is 19.3 Å². The van der Waals surface area contributed by atoms with E-state index in [-0.39, 0.29) is 5.91 Å². The van der Waals surface area contributed by atoms with Crippen molar-refractivity contribution in [1.82, 2.24) is 14.9 Å². The van der Waals surface area contributed by atoms with Crippen LogP contribution in [-0.4, -0.2) is 41.0 Å². The lowest BCUT2D eigenvalue weighted by Gasteiger charge is -2.26. The Bertz CT molecular complexity index is 715. The fourth-order valence-electron chi connectivity index (χ4n) is 2.68. The van der Waals surface area contributed by atoms with Gasteiger partial charge in [0.1, 0.15) is 17.3 Å². The van der Waals surface area contributed by atoms with Crippen molar-refractivity contribution >= 4 is 29.0 Å². The van der Waals surface area contributed by atoms with Crippen molar-refractivity contribution in [2.24, 2.45) is 0 Å². The molecule has 1 aromatic heterocycles. The Balaban J connectivity index is 1.73. The zero-order valence-corrected chi connectivity index (χ0v) is 14.2. The molecule has 1 aliphatic heterocycles. The van der Waals surface area contributed by atoms with Gasteiger partial charge in [-0.3, -0.25) is 4.79 Å². The molecule has 0 aliphatic carbocycles. The molecule has 1 saturated heterocycles. The van der Waals surface area contributed by atoms with E-state index in [4.69, 9.17) is 16.3 Å². The highest BCUT2D eigenvalue weighted by Crippen LogP contribution is 2.29. The number of nitrogens with zero attached hydrogens (tertiary/aromatic N) is 3. The third-order valence-corrected chi connectivity index (χ3v) is 4.17. The van der Waals surface area contributed by atoms with Crippen molar-refractivity contribution < 1.29 is 9.53 Å². The van der Waals surface area contributed by atoms with Gasteiger partial charge in [0, 0.05) is 18.1 Å². The van der Waals surface area contributed by atoms with E-state index in [0.717, 1.165) is 25.9 Å². The van der Waals surface area contributed by atoms with Crippen molar-refractivity contribution in [3.8, 4) is 5.75 Å². The molecule has 0 saturated carbocycles. The van der Waals surface area contributed by atoms with Crippen LogP contribution >= 0.6 is 11.6 Å². The third-order valence-electron chi connectivity index (χ3n) is 3.94. The number of benzene rings is 1. The molecular formula is C17H19ClN4O2. The minimum Gasteiger partial charge on any atom is -0.495 e. The van der Waals surface area contributed by atoms with Crippen molar-refractivity contribution in [3.63, 3.8) is 0 Å². The summed E-state index contributed by atoms with van der Waals surface area (Å²) in [7, 11) is 1.58. The SMILES string of the molecule is COc1ccc(Cl)cc1Nc1cnc(C(=O)N2CCCCC2)cn1. The number of nitrogens with one attached hydrogen (secondary N) is 1. The molecule has 24 heavy (non-hydrogen) atoms. The molecule has 3 rings (SSSR count). The van der Waals surface area contributed by atoms with Crippen LogP contribution in [0.4, 0.5) is 11.5 Å². The van der Waals surface area contributed by atoms with Gasteiger partial charge in [0.15, 0.2) is 0 Å². The predicted octanol–water partition coefficient (Wildman–Crippen LogP) is 3.51. The van der Waals surface area contributed by atoms with Crippen molar-refractivity contribution in [1.29, 1.82) is 0 Å². The molecule has 1 aliphatic rings. The van der Waals surface area contributed by atoms with Gasteiger partial charge < -0.3 is 15.0 Å². The van der Waals surface area contributed by atoms with Crippen LogP contribution in [0.25, 0.3) is 0 Å². The number of carbonyl (C=O) groups excluding carboxylic acids is 1. The highest BCUT2D eigenvalue weighted by atomic mass is 35.5. The molecular weight excluding hydrogens is 328 g/mol. The molecule has 0 unspecified atom stereocenters. The third kappa shape index (κ3) is 3.76. The summed E-state index contributed by atoms with van der Waals surface area (Å²) in [5.41, 5.74) is 1.05. The number of piperidine rings is 1. The number of amides is 1. The van der Waals surface area contributed by atoms with E-state index in [1.807, 2.05) is 4.90 Å². The van der Waals surface area contributed by atoms with Crippen LogP contribution in [0.5, 0.6) is 5.75 Å². The summed E-state index contributed by atoms with van der Waals surface area (Å²) in [5, 5.41) is 3.69. The van der Waals surface area contributed by atoms with E-state index >= 15 is 0 Å². The second-order valence-electron chi connectivity index (χ2n) is 5.61. The number of ether oxygens (including phenoxy) is 1. The molecule has 6 nitrogen and oxygen atoms in total. The molecule has 2 aromatic rings. The van der Waals surface area contributed by atoms with Crippen LogP contribution in [-0.2, 0) is 0 Å². The Morgan fingerprint density at radius 3 is 2.67 bits per heavy atom. The Morgan fingerprint density at radius 1 is 1.21 bits per heavy atom. The molecule has 7 heteroatoms. The smallest absolute Gasteiger partial charge is 0.274 e. The van der Waals surface area contributed by atoms with E-state index in [1.54, 1.807) is 25.3 Å². The number of hydrogen-bond acceptors (Lipinski definition) is 5. The van der Waals surface area contributed by atoms with Gasteiger partial charge in [0.25, 0.3) is 5.91 Å². The fraction of sp³-hybridized carbons (Fsp3) is 0.353. The fourth-order valence-corrected chi connectivity index (χ4v) is 2.85. The summed E-state index contributed by atoms with van der Waals surface area (Å²) in [5.74, 6) is 1.11. The van der Waals surface area contributed by atoms with E-state index < -0.39 is 0 Å². The van der Waals surface area contributed by atoms with Gasteiger partial charge in [-0.05, 0) is 37.5 Å². The van der Waals surface area contributed by atoms with Crippen LogP contribution in [0.1, 0.15) is 29.8 Å². The summed E-state index contributed by atoms with van der Waals surface area (Å²) in [6.45, 7) is 1.58. The van der Waals surface area contributed by atoms with Gasteiger partial charge in [0.05, 0.1) is 25.2 Å². The molecule has 1 aromatic carbocycles. The molecule has 1 N–H and O–H groups in total. The standard InChI is InChI=1S/C17H19ClN4O2/c1-24-15-6-5-12(18)9-13(15)21-16-11-19-14(10-20-16)17(23)22-7-3-2-4-8-22/h5-6,9-11H,2-4,7-8H2,1H3,(H,20,21). The second-order valence-corrected chi connectivity index (χ2v) is 6.05. The first-order valence-corrected chi connectivity index (χ1v) is 8.27. The second kappa shape index (κ2) is 7.49. The Hall–Kier alpha value is -2.34. The maximum atomic E-state index is 12.4. The Kier molecular flexibility index (Phi) is 5.15. The van der Waals surface area contributed by atoms with E-state index in [0.29, 0.717) is 28.0 Å². The lowest BCUT2D eigenvalue weighted by Crippen LogP contribution is -2.36. The van der Waals surface area contributed by atoms with Crippen molar-refractivity contribution in [3.05, 3.63) is 41.3 Å². The number of rotatable bonds is 4. The van der Waals surface area contributed by atoms with Crippen LogP contribution in [0.3, 0.4) is 0 Å². The summed E-state index contributed by atoms with van der Waals surface area (Å²) in [6, 6.07) is 5.26. The maximum Gasteiger partial charge on any atom is 0.274 e. The number of likely N-dealkylation sites (tertiary alicyclic amines) is 1.